The van der Waals surface area contributed by atoms with Crippen LogP contribution in [0.25, 0.3) is 0 Å². The van der Waals surface area contributed by atoms with Gasteiger partial charge in [-0.3, -0.25) is 4.79 Å². The van der Waals surface area contributed by atoms with Crippen LogP contribution in [-0.4, -0.2) is 17.4 Å². The van der Waals surface area contributed by atoms with E-state index in [9.17, 15) is 9.59 Å². The predicted octanol–water partition coefficient (Wildman–Crippen LogP) is 2.04. The third kappa shape index (κ3) is 10.6. The number of rotatable bonds is 5. The fourth-order valence-corrected chi connectivity index (χ4v) is 0.416. The van der Waals surface area contributed by atoms with Gasteiger partial charge in [0.2, 0.25) is 0 Å². The van der Waals surface area contributed by atoms with Crippen molar-refractivity contribution in [3.05, 3.63) is 25.3 Å². The smallest absolute Gasteiger partial charge is 0.314 e. The van der Waals surface area contributed by atoms with Crippen LogP contribution in [0.5, 0.6) is 0 Å². The number of carboxylic acids is 1. The monoisotopic (exact) mass is 184 g/mol. The third-order valence-electron chi connectivity index (χ3n) is 1.20. The number of hydrogen-bond donors (Lipinski definition) is 1. The van der Waals surface area contributed by atoms with E-state index in [1.807, 2.05) is 6.92 Å². The summed E-state index contributed by atoms with van der Waals surface area (Å²) in [6, 6.07) is 0. The zero-order valence-electron chi connectivity index (χ0n) is 7.90. The summed E-state index contributed by atoms with van der Waals surface area (Å²) in [5.74, 6) is -1.51. The van der Waals surface area contributed by atoms with Gasteiger partial charge in [0.1, 0.15) is 6.29 Å². The van der Waals surface area contributed by atoms with Crippen molar-refractivity contribution in [1.82, 2.24) is 0 Å². The Hall–Kier alpha value is -1.38. The summed E-state index contributed by atoms with van der Waals surface area (Å²) in [7, 11) is 0. The van der Waals surface area contributed by atoms with E-state index < -0.39 is 11.9 Å². The molecular weight excluding hydrogens is 168 g/mol. The Labute approximate surface area is 78.8 Å². The van der Waals surface area contributed by atoms with Gasteiger partial charge in [0.05, 0.1) is 5.92 Å². The summed E-state index contributed by atoms with van der Waals surface area (Å²) in [6.07, 6.45) is 5.27. The van der Waals surface area contributed by atoms with E-state index in [-0.39, 0.29) is 0 Å². The zero-order chi connectivity index (χ0) is 10.7. The molecule has 0 rings (SSSR count). The summed E-state index contributed by atoms with van der Waals surface area (Å²) < 4.78 is 0. The Morgan fingerprint density at radius 2 is 1.92 bits per heavy atom. The molecule has 0 heterocycles. The minimum absolute atomic E-state index is 0.602. The van der Waals surface area contributed by atoms with Crippen molar-refractivity contribution in [3.8, 4) is 0 Å². The molecule has 0 aromatic carbocycles. The first-order chi connectivity index (χ1) is 6.13. The molecule has 0 saturated heterocycles. The van der Waals surface area contributed by atoms with Crippen LogP contribution in [0.15, 0.2) is 25.3 Å². The second kappa shape index (κ2) is 10.6. The average molecular weight is 184 g/mol. The van der Waals surface area contributed by atoms with E-state index in [0.717, 1.165) is 12.7 Å². The lowest BCUT2D eigenvalue weighted by molar-refractivity contribution is -0.138. The van der Waals surface area contributed by atoms with E-state index in [1.165, 1.54) is 12.2 Å². The Morgan fingerprint density at radius 1 is 1.46 bits per heavy atom. The van der Waals surface area contributed by atoms with Gasteiger partial charge in [0.15, 0.2) is 0 Å². The predicted molar refractivity (Wildman–Crippen MR) is 52.5 cm³/mol. The normalized spacial score (nSPS) is 8.15. The first kappa shape index (κ1) is 14.2. The van der Waals surface area contributed by atoms with Gasteiger partial charge in [-0.25, -0.2) is 0 Å². The molecule has 3 heteroatoms. The van der Waals surface area contributed by atoms with Crippen LogP contribution in [0.2, 0.25) is 0 Å². The van der Waals surface area contributed by atoms with Gasteiger partial charge >= 0.3 is 5.97 Å². The molecule has 0 aliphatic carbocycles. The summed E-state index contributed by atoms with van der Waals surface area (Å²) in [5, 5.41) is 8.23. The maximum absolute atomic E-state index is 10.0. The molecule has 0 aromatic heterocycles. The number of carbonyl (C=O) groups excluding carboxylic acids is 1. The van der Waals surface area contributed by atoms with Crippen molar-refractivity contribution in [2.24, 2.45) is 5.92 Å². The van der Waals surface area contributed by atoms with Crippen LogP contribution in [-0.2, 0) is 9.59 Å². The van der Waals surface area contributed by atoms with Gasteiger partial charge in [-0.05, 0) is 6.42 Å². The Bertz CT molecular complexity index is 165. The molecule has 0 spiro atoms. The van der Waals surface area contributed by atoms with Crippen LogP contribution in [0.1, 0.15) is 19.8 Å². The Balaban J connectivity index is 0. The molecule has 0 aromatic rings. The SMILES string of the molecule is C=CC(C=C)C(=O)O.CCCC=O. The molecule has 0 aliphatic rings. The van der Waals surface area contributed by atoms with Crippen molar-refractivity contribution in [1.29, 1.82) is 0 Å². The second-order valence-electron chi connectivity index (χ2n) is 2.29. The van der Waals surface area contributed by atoms with Gasteiger partial charge in [-0.2, -0.15) is 0 Å². The molecule has 74 valence electrons. The van der Waals surface area contributed by atoms with Crippen molar-refractivity contribution in [3.63, 3.8) is 0 Å². The molecule has 0 atom stereocenters. The first-order valence-corrected chi connectivity index (χ1v) is 4.05. The van der Waals surface area contributed by atoms with Crippen LogP contribution < -0.4 is 0 Å². The van der Waals surface area contributed by atoms with Crippen LogP contribution in [0, 0.1) is 5.92 Å². The molecule has 3 nitrogen and oxygen atoms in total. The Kier molecular flexibility index (Phi) is 11.6. The van der Waals surface area contributed by atoms with Crippen LogP contribution >= 0.6 is 0 Å². The van der Waals surface area contributed by atoms with E-state index in [1.54, 1.807) is 0 Å². The molecule has 0 saturated carbocycles. The number of aliphatic carboxylic acids is 1. The summed E-state index contributed by atoms with van der Waals surface area (Å²) in [6.45, 7) is 8.58. The minimum Gasteiger partial charge on any atom is -0.481 e. The highest BCUT2D eigenvalue weighted by molar-refractivity contribution is 5.73. The summed E-state index contributed by atoms with van der Waals surface area (Å²) in [5.41, 5.74) is 0. The highest BCUT2D eigenvalue weighted by Gasteiger charge is 2.05. The molecule has 0 amide bonds. The topological polar surface area (TPSA) is 54.4 Å². The molecule has 0 aliphatic heterocycles. The number of unbranched alkanes of at least 4 members (excludes halogenated alkanes) is 1. The largest absolute Gasteiger partial charge is 0.481 e. The fraction of sp³-hybridized carbons (Fsp3) is 0.400. The molecule has 0 radical (unpaired) electrons. The van der Waals surface area contributed by atoms with E-state index in [2.05, 4.69) is 13.2 Å². The first-order valence-electron chi connectivity index (χ1n) is 4.05. The number of hydrogen-bond acceptors (Lipinski definition) is 2. The molecule has 0 bridgehead atoms. The molecule has 0 fully saturated rings. The zero-order valence-corrected chi connectivity index (χ0v) is 7.90. The standard InChI is InChI=1S/C6H8O2.C4H8O/c1-3-5(4-2)6(7)8;1-2-3-4-5/h3-5H,1-2H2,(H,7,8);4H,2-3H2,1H3. The minimum atomic E-state index is -0.907. The molecule has 1 N–H and O–H groups in total. The van der Waals surface area contributed by atoms with Gasteiger partial charge in [0, 0.05) is 6.42 Å². The van der Waals surface area contributed by atoms with Gasteiger partial charge in [-0.1, -0.05) is 19.1 Å². The lowest BCUT2D eigenvalue weighted by Gasteiger charge is -1.94. The second-order valence-corrected chi connectivity index (χ2v) is 2.29. The summed E-state index contributed by atoms with van der Waals surface area (Å²) >= 11 is 0. The van der Waals surface area contributed by atoms with E-state index in [0.29, 0.717) is 6.42 Å². The highest BCUT2D eigenvalue weighted by atomic mass is 16.4. The molecule has 0 unspecified atom stereocenters. The molecule has 13 heavy (non-hydrogen) atoms. The van der Waals surface area contributed by atoms with Gasteiger partial charge in [-0.15, -0.1) is 13.2 Å². The number of carbonyl (C=O) groups is 2. The fourth-order valence-electron chi connectivity index (χ4n) is 0.416. The maximum Gasteiger partial charge on any atom is 0.314 e. The van der Waals surface area contributed by atoms with Crippen molar-refractivity contribution >= 4 is 12.3 Å². The van der Waals surface area contributed by atoms with Crippen molar-refractivity contribution in [2.75, 3.05) is 0 Å². The van der Waals surface area contributed by atoms with Gasteiger partial charge < -0.3 is 9.90 Å². The summed E-state index contributed by atoms with van der Waals surface area (Å²) in [4.78, 5) is 19.4. The highest BCUT2D eigenvalue weighted by Crippen LogP contribution is 1.96. The van der Waals surface area contributed by atoms with Crippen LogP contribution in [0.4, 0.5) is 0 Å². The maximum atomic E-state index is 10.0. The molecular formula is C10H16O3. The Morgan fingerprint density at radius 3 is 1.92 bits per heavy atom. The van der Waals surface area contributed by atoms with E-state index >= 15 is 0 Å². The van der Waals surface area contributed by atoms with Gasteiger partial charge in [0.25, 0.3) is 0 Å². The lowest BCUT2D eigenvalue weighted by atomic mass is 10.1. The third-order valence-corrected chi connectivity index (χ3v) is 1.20. The van der Waals surface area contributed by atoms with Crippen LogP contribution in [0.3, 0.4) is 0 Å². The van der Waals surface area contributed by atoms with Crippen molar-refractivity contribution in [2.45, 2.75) is 19.8 Å². The quantitative estimate of drug-likeness (QED) is 0.525. The van der Waals surface area contributed by atoms with Crippen molar-refractivity contribution < 1.29 is 14.7 Å². The lowest BCUT2D eigenvalue weighted by Crippen LogP contribution is -2.06. The van der Waals surface area contributed by atoms with E-state index in [4.69, 9.17) is 5.11 Å². The average Bonchev–Trinajstić information content (AvgIpc) is 2.08. The number of carboxylic acid groups (broad SMARTS) is 1. The number of aldehydes is 1.